The first kappa shape index (κ1) is 26.5. The highest BCUT2D eigenvalue weighted by molar-refractivity contribution is 5.94. The molecule has 2 aromatic rings. The number of carbonyl (C=O) groups excluding carboxylic acids is 2. The molecule has 0 radical (unpaired) electrons. The summed E-state index contributed by atoms with van der Waals surface area (Å²) >= 11 is 0. The van der Waals surface area contributed by atoms with E-state index < -0.39 is 48.4 Å². The molecule has 0 aliphatic heterocycles. The molecule has 5 N–H and O–H groups in total. The Hall–Kier alpha value is -3.72. The fourth-order valence-corrected chi connectivity index (χ4v) is 3.72. The molecule has 0 heterocycles. The number of benzene rings is 2. The predicted molar refractivity (Wildman–Crippen MR) is 126 cm³/mol. The maximum absolute atomic E-state index is 13.7. The number of nitrogens with zero attached hydrogens (tertiary/aromatic N) is 1. The summed E-state index contributed by atoms with van der Waals surface area (Å²) < 4.78 is 0. The Morgan fingerprint density at radius 3 is 2.00 bits per heavy atom. The van der Waals surface area contributed by atoms with E-state index in [9.17, 15) is 24.3 Å². The molecule has 0 saturated carbocycles. The second-order valence-electron chi connectivity index (χ2n) is 8.45. The van der Waals surface area contributed by atoms with Crippen LogP contribution in [0.3, 0.4) is 0 Å². The molecule has 0 aromatic heterocycles. The van der Waals surface area contributed by atoms with Crippen LogP contribution in [0.2, 0.25) is 0 Å². The van der Waals surface area contributed by atoms with Crippen LogP contribution in [0.4, 0.5) is 0 Å². The first-order valence-corrected chi connectivity index (χ1v) is 11.0. The molecule has 2 amide bonds. The Balaban J connectivity index is 2.56. The Morgan fingerprint density at radius 1 is 0.941 bits per heavy atom. The monoisotopic (exact) mass is 469 g/mol. The quantitative estimate of drug-likeness (QED) is 0.370. The van der Waals surface area contributed by atoms with Crippen LogP contribution in [0, 0.1) is 5.92 Å². The molecule has 9 nitrogen and oxygen atoms in total. The normalized spacial score (nSPS) is 13.5. The number of carboxylic acids is 2. The second-order valence-corrected chi connectivity index (χ2v) is 8.45. The van der Waals surface area contributed by atoms with E-state index in [0.29, 0.717) is 5.56 Å². The van der Waals surface area contributed by atoms with Gasteiger partial charge in [0, 0.05) is 0 Å². The minimum atomic E-state index is -1.38. The number of nitrogens with two attached hydrogens (primary N) is 1. The number of carboxylic acid groups (broad SMARTS) is 2. The number of hydrogen-bond donors (Lipinski definition) is 4. The zero-order valence-electron chi connectivity index (χ0n) is 19.3. The summed E-state index contributed by atoms with van der Waals surface area (Å²) in [6.45, 7) is 2.94. The van der Waals surface area contributed by atoms with Gasteiger partial charge in [0.1, 0.15) is 18.6 Å². The SMILES string of the molecule is CC(C)C[C@@H](C(=O)O)N(C(=O)[C@@H](N)Cc1ccccc1)C(C(=O)NCC(=O)O)c1ccccc1. The van der Waals surface area contributed by atoms with Gasteiger partial charge in [-0.25, -0.2) is 4.79 Å². The van der Waals surface area contributed by atoms with Crippen LogP contribution in [0.1, 0.15) is 37.4 Å². The van der Waals surface area contributed by atoms with Crippen LogP contribution in [-0.4, -0.2) is 57.5 Å². The largest absolute Gasteiger partial charge is 0.480 e. The summed E-state index contributed by atoms with van der Waals surface area (Å²) in [6, 6.07) is 13.4. The first-order valence-electron chi connectivity index (χ1n) is 11.0. The van der Waals surface area contributed by atoms with Crippen molar-refractivity contribution in [3.8, 4) is 0 Å². The van der Waals surface area contributed by atoms with E-state index in [4.69, 9.17) is 10.8 Å². The van der Waals surface area contributed by atoms with Crippen LogP contribution < -0.4 is 11.1 Å². The third-order valence-corrected chi connectivity index (χ3v) is 5.24. The fraction of sp³-hybridized carbons (Fsp3) is 0.360. The van der Waals surface area contributed by atoms with Crippen LogP contribution in [-0.2, 0) is 25.6 Å². The maximum Gasteiger partial charge on any atom is 0.326 e. The van der Waals surface area contributed by atoms with E-state index in [-0.39, 0.29) is 18.8 Å². The molecule has 2 rings (SSSR count). The average Bonchev–Trinajstić information content (AvgIpc) is 2.80. The molecule has 0 aliphatic carbocycles. The van der Waals surface area contributed by atoms with E-state index in [1.54, 1.807) is 54.6 Å². The number of aliphatic carboxylic acids is 2. The zero-order valence-corrected chi connectivity index (χ0v) is 19.3. The van der Waals surface area contributed by atoms with Crippen molar-refractivity contribution in [1.29, 1.82) is 0 Å². The predicted octanol–water partition coefficient (Wildman–Crippen LogP) is 1.83. The Labute approximate surface area is 198 Å². The van der Waals surface area contributed by atoms with Gasteiger partial charge in [0.2, 0.25) is 11.8 Å². The molecule has 1 unspecified atom stereocenters. The fourth-order valence-electron chi connectivity index (χ4n) is 3.72. The molecule has 0 aliphatic rings. The molecule has 0 saturated heterocycles. The summed E-state index contributed by atoms with van der Waals surface area (Å²) in [7, 11) is 0. The van der Waals surface area contributed by atoms with E-state index in [1.165, 1.54) is 0 Å². The van der Waals surface area contributed by atoms with Crippen molar-refractivity contribution in [2.45, 2.75) is 44.8 Å². The number of hydrogen-bond acceptors (Lipinski definition) is 5. The highest BCUT2D eigenvalue weighted by atomic mass is 16.4. The van der Waals surface area contributed by atoms with Crippen molar-refractivity contribution in [2.24, 2.45) is 11.7 Å². The third kappa shape index (κ3) is 7.41. The van der Waals surface area contributed by atoms with Crippen LogP contribution in [0.25, 0.3) is 0 Å². The summed E-state index contributed by atoms with van der Waals surface area (Å²) in [6.07, 6.45) is 0.219. The Kier molecular flexibility index (Phi) is 9.76. The zero-order chi connectivity index (χ0) is 25.3. The molecule has 34 heavy (non-hydrogen) atoms. The molecule has 0 bridgehead atoms. The molecule has 0 fully saturated rings. The van der Waals surface area contributed by atoms with Gasteiger partial charge in [0.05, 0.1) is 6.04 Å². The number of rotatable bonds is 12. The third-order valence-electron chi connectivity index (χ3n) is 5.24. The maximum atomic E-state index is 13.7. The minimum absolute atomic E-state index is 0.0781. The highest BCUT2D eigenvalue weighted by Crippen LogP contribution is 2.28. The molecule has 2 aromatic carbocycles. The lowest BCUT2D eigenvalue weighted by Gasteiger charge is -2.37. The van der Waals surface area contributed by atoms with Gasteiger partial charge in [-0.3, -0.25) is 14.4 Å². The first-order chi connectivity index (χ1) is 16.1. The molecule has 9 heteroatoms. The lowest BCUT2D eigenvalue weighted by Crippen LogP contribution is -2.57. The summed E-state index contributed by atoms with van der Waals surface area (Å²) in [5.74, 6) is -4.17. The van der Waals surface area contributed by atoms with E-state index >= 15 is 0 Å². The van der Waals surface area contributed by atoms with Crippen molar-refractivity contribution in [1.82, 2.24) is 10.2 Å². The van der Waals surface area contributed by atoms with Crippen LogP contribution in [0.15, 0.2) is 60.7 Å². The average molecular weight is 470 g/mol. The van der Waals surface area contributed by atoms with Gasteiger partial charge in [-0.2, -0.15) is 0 Å². The number of carbonyl (C=O) groups is 4. The lowest BCUT2D eigenvalue weighted by molar-refractivity contribution is -0.157. The Morgan fingerprint density at radius 2 is 1.50 bits per heavy atom. The van der Waals surface area contributed by atoms with E-state index in [2.05, 4.69) is 5.32 Å². The number of amides is 2. The van der Waals surface area contributed by atoms with Crippen molar-refractivity contribution in [3.05, 3.63) is 71.8 Å². The van der Waals surface area contributed by atoms with Gasteiger partial charge in [0.25, 0.3) is 0 Å². The summed E-state index contributed by atoms with van der Waals surface area (Å²) in [5.41, 5.74) is 7.38. The molecular formula is C25H31N3O6. The van der Waals surface area contributed by atoms with E-state index in [0.717, 1.165) is 10.5 Å². The number of nitrogens with one attached hydrogen (secondary N) is 1. The van der Waals surface area contributed by atoms with Crippen molar-refractivity contribution in [3.63, 3.8) is 0 Å². The minimum Gasteiger partial charge on any atom is -0.480 e. The molecule has 0 spiro atoms. The van der Waals surface area contributed by atoms with Crippen molar-refractivity contribution in [2.75, 3.05) is 6.54 Å². The molecule has 3 atom stereocenters. The van der Waals surface area contributed by atoms with Gasteiger partial charge in [0.15, 0.2) is 0 Å². The standard InChI is InChI=1S/C25H31N3O6/c1-16(2)13-20(25(33)34)28(24(32)19(26)14-17-9-5-3-6-10-17)22(18-11-7-4-8-12-18)23(31)27-15-21(29)30/h3-12,16,19-20,22H,13-15,26H2,1-2H3,(H,27,31)(H,29,30)(H,33,34)/t19-,20-,22?/m0/s1. The van der Waals surface area contributed by atoms with Crippen molar-refractivity contribution >= 4 is 23.8 Å². The summed E-state index contributed by atoms with van der Waals surface area (Å²) in [5, 5.41) is 21.4. The summed E-state index contributed by atoms with van der Waals surface area (Å²) in [4.78, 5) is 51.2. The van der Waals surface area contributed by atoms with Gasteiger partial charge in [-0.15, -0.1) is 0 Å². The molecule has 182 valence electrons. The molecular weight excluding hydrogens is 438 g/mol. The smallest absolute Gasteiger partial charge is 0.326 e. The van der Waals surface area contributed by atoms with Crippen LogP contribution in [0.5, 0.6) is 0 Å². The van der Waals surface area contributed by atoms with Gasteiger partial charge in [-0.05, 0) is 29.9 Å². The Bertz CT molecular complexity index is 981. The van der Waals surface area contributed by atoms with Gasteiger partial charge in [-0.1, -0.05) is 74.5 Å². The highest BCUT2D eigenvalue weighted by Gasteiger charge is 2.41. The topological polar surface area (TPSA) is 150 Å². The van der Waals surface area contributed by atoms with Crippen LogP contribution >= 0.6 is 0 Å². The van der Waals surface area contributed by atoms with Gasteiger partial charge < -0.3 is 26.2 Å². The second kappa shape index (κ2) is 12.5. The van der Waals surface area contributed by atoms with Gasteiger partial charge >= 0.3 is 11.9 Å². The van der Waals surface area contributed by atoms with E-state index in [1.807, 2.05) is 19.9 Å². The van der Waals surface area contributed by atoms with Crippen molar-refractivity contribution < 1.29 is 29.4 Å². The lowest BCUT2D eigenvalue weighted by atomic mass is 9.95.